The zero-order chi connectivity index (χ0) is 27.3. The van der Waals surface area contributed by atoms with E-state index in [0.717, 1.165) is 9.13 Å². The molecule has 2 aromatic carbocycles. The van der Waals surface area contributed by atoms with Crippen molar-refractivity contribution in [1.82, 2.24) is 13.7 Å². The Morgan fingerprint density at radius 2 is 1.79 bits per heavy atom. The van der Waals surface area contributed by atoms with Crippen LogP contribution in [-0.4, -0.2) is 19.6 Å². The van der Waals surface area contributed by atoms with Gasteiger partial charge in [-0.25, -0.2) is 13.8 Å². The molecule has 1 aliphatic carbocycles. The molecule has 2 aromatic heterocycles. The van der Waals surface area contributed by atoms with E-state index in [9.17, 15) is 19.2 Å². The highest BCUT2D eigenvalue weighted by atomic mass is 127. The van der Waals surface area contributed by atoms with Crippen molar-refractivity contribution < 1.29 is 9.18 Å². The van der Waals surface area contributed by atoms with Crippen LogP contribution in [0.3, 0.4) is 0 Å². The van der Waals surface area contributed by atoms with Gasteiger partial charge >= 0.3 is 5.69 Å². The number of aryl methyl sites for hydroxylation is 1. The van der Waals surface area contributed by atoms with Gasteiger partial charge in [-0.1, -0.05) is 13.0 Å². The Bertz CT molecular complexity index is 1800. The van der Waals surface area contributed by atoms with Crippen LogP contribution in [0.2, 0.25) is 0 Å². The number of aromatic nitrogens is 3. The molecule has 0 atom stereocenters. The molecule has 0 aliphatic heterocycles. The zero-order valence-corrected chi connectivity index (χ0v) is 23.1. The maximum Gasteiger partial charge on any atom is 0.337 e. The third-order valence-corrected chi connectivity index (χ3v) is 7.30. The van der Waals surface area contributed by atoms with Crippen LogP contribution in [0, 0.1) is 16.3 Å². The molecule has 4 aromatic rings. The van der Waals surface area contributed by atoms with E-state index < -0.39 is 22.6 Å². The predicted octanol–water partition coefficient (Wildman–Crippen LogP) is 4.33. The minimum atomic E-state index is -0.695. The van der Waals surface area contributed by atoms with Crippen LogP contribution in [0.25, 0.3) is 16.7 Å². The number of pyridine rings is 1. The standard InChI is InChI=1S/C27H25FIN5O4/c1-4-21(35)30-16-6-5-7-17(13-16)31-23-14(2)25(36)32(3)24-22(23)26(37)33(18-9-10-18)27(38)34(24)20-11-8-15(29)12-19(20)28/h5-8,11-13,18,31H,4,9-10H2,1-3H3,(H,30,35). The lowest BCUT2D eigenvalue weighted by atomic mass is 10.1. The molecule has 5 rings (SSSR count). The molecule has 0 unspecified atom stereocenters. The van der Waals surface area contributed by atoms with Crippen molar-refractivity contribution >= 4 is 56.6 Å². The quantitative estimate of drug-likeness (QED) is 0.309. The van der Waals surface area contributed by atoms with E-state index in [1.165, 1.54) is 23.7 Å². The average molecular weight is 629 g/mol. The molecule has 1 saturated carbocycles. The van der Waals surface area contributed by atoms with Crippen molar-refractivity contribution in [2.24, 2.45) is 7.05 Å². The molecule has 1 amide bonds. The third kappa shape index (κ3) is 4.44. The number of halogens is 2. The van der Waals surface area contributed by atoms with Gasteiger partial charge in [0.2, 0.25) is 5.91 Å². The minimum Gasteiger partial charge on any atom is -0.354 e. The SMILES string of the molecule is CCC(=O)Nc1cccc(Nc2c(C)c(=O)n(C)c3c2c(=O)n(C2CC2)c(=O)n3-c2ccc(I)cc2F)c1. The number of nitrogens with one attached hydrogen (secondary N) is 2. The van der Waals surface area contributed by atoms with Crippen LogP contribution in [-0.2, 0) is 11.8 Å². The largest absolute Gasteiger partial charge is 0.354 e. The summed E-state index contributed by atoms with van der Waals surface area (Å²) in [5, 5.41) is 6.05. The Hall–Kier alpha value is -3.74. The van der Waals surface area contributed by atoms with E-state index in [0.29, 0.717) is 34.2 Å². The molecule has 2 N–H and O–H groups in total. The molecule has 2 heterocycles. The second-order valence-corrected chi connectivity index (χ2v) is 10.5. The van der Waals surface area contributed by atoms with Crippen molar-refractivity contribution in [3.8, 4) is 5.69 Å². The molecule has 0 radical (unpaired) electrons. The first kappa shape index (κ1) is 25.9. The Morgan fingerprint density at radius 1 is 1.08 bits per heavy atom. The lowest BCUT2D eigenvalue weighted by Crippen LogP contribution is -2.42. The molecule has 0 spiro atoms. The van der Waals surface area contributed by atoms with Gasteiger partial charge in [-0.3, -0.25) is 23.5 Å². The summed E-state index contributed by atoms with van der Waals surface area (Å²) in [7, 11) is 1.46. The fourth-order valence-corrected chi connectivity index (χ4v) is 5.00. The summed E-state index contributed by atoms with van der Waals surface area (Å²) >= 11 is 1.97. The molecule has 0 bridgehead atoms. The number of benzene rings is 2. The van der Waals surface area contributed by atoms with Gasteiger partial charge in [0.25, 0.3) is 11.1 Å². The maximum atomic E-state index is 15.2. The van der Waals surface area contributed by atoms with Gasteiger partial charge in [0.1, 0.15) is 16.9 Å². The number of hydrogen-bond donors (Lipinski definition) is 2. The third-order valence-electron chi connectivity index (χ3n) is 6.63. The number of carbonyl (C=O) groups is 1. The maximum absolute atomic E-state index is 15.2. The predicted molar refractivity (Wildman–Crippen MR) is 153 cm³/mol. The van der Waals surface area contributed by atoms with Crippen LogP contribution < -0.4 is 27.4 Å². The average Bonchev–Trinajstić information content (AvgIpc) is 3.71. The Morgan fingerprint density at radius 3 is 2.45 bits per heavy atom. The first-order valence-electron chi connectivity index (χ1n) is 12.2. The molecule has 38 heavy (non-hydrogen) atoms. The number of fused-ring (bicyclic) bond motifs is 1. The summed E-state index contributed by atoms with van der Waals surface area (Å²) in [6.07, 6.45) is 1.62. The molecule has 11 heteroatoms. The summed E-state index contributed by atoms with van der Waals surface area (Å²) < 4.78 is 19.4. The van der Waals surface area contributed by atoms with Crippen LogP contribution in [0.5, 0.6) is 0 Å². The highest BCUT2D eigenvalue weighted by Crippen LogP contribution is 2.34. The van der Waals surface area contributed by atoms with E-state index in [1.807, 2.05) is 22.6 Å². The van der Waals surface area contributed by atoms with Gasteiger partial charge in [0.15, 0.2) is 0 Å². The van der Waals surface area contributed by atoms with Gasteiger partial charge in [0.05, 0.1) is 11.4 Å². The molecular formula is C27H25FIN5O4. The first-order valence-corrected chi connectivity index (χ1v) is 13.2. The first-order chi connectivity index (χ1) is 18.1. The van der Waals surface area contributed by atoms with Crippen LogP contribution in [0.1, 0.15) is 37.8 Å². The number of hydrogen-bond acceptors (Lipinski definition) is 5. The number of nitrogens with zero attached hydrogens (tertiary/aromatic N) is 3. The molecule has 1 fully saturated rings. The smallest absolute Gasteiger partial charge is 0.337 e. The summed E-state index contributed by atoms with van der Waals surface area (Å²) in [4.78, 5) is 52.8. The molecule has 9 nitrogen and oxygen atoms in total. The fraction of sp³-hybridized carbons (Fsp3) is 0.259. The van der Waals surface area contributed by atoms with Gasteiger partial charge in [-0.15, -0.1) is 0 Å². The summed E-state index contributed by atoms with van der Waals surface area (Å²) in [5.41, 5.74) is -0.206. The summed E-state index contributed by atoms with van der Waals surface area (Å²) in [5.74, 6) is -0.809. The highest BCUT2D eigenvalue weighted by Gasteiger charge is 2.32. The lowest BCUT2D eigenvalue weighted by Gasteiger charge is -2.21. The Balaban J connectivity index is 1.84. The van der Waals surface area contributed by atoms with Crippen molar-refractivity contribution in [2.75, 3.05) is 10.6 Å². The molecule has 0 saturated heterocycles. The summed E-state index contributed by atoms with van der Waals surface area (Å²) in [6.45, 7) is 3.34. The van der Waals surface area contributed by atoms with Gasteiger partial charge < -0.3 is 10.6 Å². The van der Waals surface area contributed by atoms with Crippen molar-refractivity contribution in [1.29, 1.82) is 0 Å². The van der Waals surface area contributed by atoms with Crippen molar-refractivity contribution in [3.63, 3.8) is 0 Å². The van der Waals surface area contributed by atoms with Crippen molar-refractivity contribution in [3.05, 3.63) is 88.6 Å². The van der Waals surface area contributed by atoms with Crippen LogP contribution in [0.15, 0.2) is 56.8 Å². The van der Waals surface area contributed by atoms with Gasteiger partial charge in [-0.2, -0.15) is 0 Å². The van der Waals surface area contributed by atoms with Gasteiger partial charge in [0, 0.05) is 40.0 Å². The number of carbonyl (C=O) groups excluding carboxylic acids is 1. The monoisotopic (exact) mass is 629 g/mol. The molecule has 196 valence electrons. The van der Waals surface area contributed by atoms with E-state index in [1.54, 1.807) is 44.2 Å². The Labute approximate surface area is 230 Å². The highest BCUT2D eigenvalue weighted by molar-refractivity contribution is 14.1. The number of anilines is 3. The zero-order valence-electron chi connectivity index (χ0n) is 21.0. The topological polar surface area (TPSA) is 107 Å². The molecule has 1 aliphatic rings. The lowest BCUT2D eigenvalue weighted by molar-refractivity contribution is -0.115. The van der Waals surface area contributed by atoms with Crippen LogP contribution in [0.4, 0.5) is 21.5 Å². The number of rotatable bonds is 6. The van der Waals surface area contributed by atoms with E-state index in [-0.39, 0.29) is 39.9 Å². The van der Waals surface area contributed by atoms with Gasteiger partial charge in [-0.05, 0) is 78.8 Å². The normalized spacial score (nSPS) is 13.1. The second-order valence-electron chi connectivity index (χ2n) is 9.29. The molecular weight excluding hydrogens is 604 g/mol. The summed E-state index contributed by atoms with van der Waals surface area (Å²) in [6, 6.07) is 11.0. The Kier molecular flexibility index (Phi) is 6.72. The minimum absolute atomic E-state index is 0.00875. The van der Waals surface area contributed by atoms with E-state index in [4.69, 9.17) is 0 Å². The van der Waals surface area contributed by atoms with Crippen molar-refractivity contribution in [2.45, 2.75) is 39.2 Å². The van der Waals surface area contributed by atoms with E-state index >= 15 is 4.39 Å². The fourth-order valence-electron chi connectivity index (χ4n) is 4.55. The van der Waals surface area contributed by atoms with Crippen LogP contribution >= 0.6 is 22.6 Å². The van der Waals surface area contributed by atoms with E-state index in [2.05, 4.69) is 10.6 Å². The number of amides is 1. The second kappa shape index (κ2) is 9.86.